The number of hydrogen-bond donors (Lipinski definition) is 1. The minimum absolute atomic E-state index is 0.0358. The van der Waals surface area contributed by atoms with Gasteiger partial charge in [0.15, 0.2) is 0 Å². The van der Waals surface area contributed by atoms with E-state index < -0.39 is 0 Å². The first kappa shape index (κ1) is 10.2. The van der Waals surface area contributed by atoms with Gasteiger partial charge in [0.2, 0.25) is 0 Å². The summed E-state index contributed by atoms with van der Waals surface area (Å²) in [5.41, 5.74) is 3.05. The van der Waals surface area contributed by atoms with E-state index in [-0.39, 0.29) is 5.56 Å². The third kappa shape index (κ3) is 1.87. The van der Waals surface area contributed by atoms with Gasteiger partial charge in [-0.15, -0.1) is 0 Å². The van der Waals surface area contributed by atoms with Crippen molar-refractivity contribution in [2.75, 3.05) is 13.1 Å². The van der Waals surface area contributed by atoms with Crippen LogP contribution in [0, 0.1) is 0 Å². The molecule has 3 rings (SSSR count). The molecule has 1 aliphatic heterocycles. The summed E-state index contributed by atoms with van der Waals surface area (Å²) in [7, 11) is 0. The molecule has 86 valence electrons. The molecule has 0 unspecified atom stereocenters. The van der Waals surface area contributed by atoms with Crippen LogP contribution in [0.25, 0.3) is 11.2 Å². The van der Waals surface area contributed by atoms with Gasteiger partial charge in [-0.25, -0.2) is 4.98 Å². The van der Waals surface area contributed by atoms with Gasteiger partial charge in [0.25, 0.3) is 5.56 Å². The third-order valence-electron chi connectivity index (χ3n) is 3.02. The Balaban J connectivity index is 2.16. The van der Waals surface area contributed by atoms with Crippen molar-refractivity contribution in [2.24, 2.45) is 0 Å². The molecule has 0 aliphatic carbocycles. The van der Waals surface area contributed by atoms with Gasteiger partial charge in [0.1, 0.15) is 5.65 Å². The number of nitrogens with one attached hydrogen (secondary N) is 1. The fraction of sp³-hybridized carbons (Fsp3) is 0.231. The maximum absolute atomic E-state index is 11.7. The summed E-state index contributed by atoms with van der Waals surface area (Å²) in [6.07, 6.45) is 6.59. The molecule has 3 heterocycles. The Labute approximate surface area is 98.6 Å². The standard InChI is InChI=1S/C13H13N3O/c17-13-5-8-15-12-2-1-11(9-16(12)13)10-3-6-14-7-4-10/h1-3,5,8-9,14H,4,6-7H2. The topological polar surface area (TPSA) is 46.4 Å². The highest BCUT2D eigenvalue weighted by Crippen LogP contribution is 2.19. The summed E-state index contributed by atoms with van der Waals surface area (Å²) in [4.78, 5) is 15.9. The summed E-state index contributed by atoms with van der Waals surface area (Å²) >= 11 is 0. The van der Waals surface area contributed by atoms with Gasteiger partial charge in [0, 0.05) is 25.0 Å². The van der Waals surface area contributed by atoms with Gasteiger partial charge in [-0.2, -0.15) is 0 Å². The summed E-state index contributed by atoms with van der Waals surface area (Å²) < 4.78 is 1.60. The third-order valence-corrected chi connectivity index (χ3v) is 3.02. The summed E-state index contributed by atoms with van der Waals surface area (Å²) in [6, 6.07) is 5.39. The quantitative estimate of drug-likeness (QED) is 0.792. The largest absolute Gasteiger partial charge is 0.313 e. The lowest BCUT2D eigenvalue weighted by atomic mass is 10.0. The van der Waals surface area contributed by atoms with Crippen molar-refractivity contribution < 1.29 is 0 Å². The molecule has 4 heteroatoms. The first-order valence-electron chi connectivity index (χ1n) is 5.72. The fourth-order valence-corrected chi connectivity index (χ4v) is 2.11. The lowest BCUT2D eigenvalue weighted by Crippen LogP contribution is -2.20. The Hall–Kier alpha value is -1.94. The van der Waals surface area contributed by atoms with Crippen molar-refractivity contribution >= 4 is 11.2 Å². The number of aromatic nitrogens is 2. The van der Waals surface area contributed by atoms with Crippen LogP contribution in [0.15, 0.2) is 41.5 Å². The second-order valence-electron chi connectivity index (χ2n) is 4.11. The monoisotopic (exact) mass is 227 g/mol. The molecule has 1 aliphatic rings. The predicted molar refractivity (Wildman–Crippen MR) is 66.9 cm³/mol. The number of fused-ring (bicyclic) bond motifs is 1. The molecule has 4 nitrogen and oxygen atoms in total. The molecule has 0 aromatic carbocycles. The lowest BCUT2D eigenvalue weighted by Gasteiger charge is -2.14. The average molecular weight is 227 g/mol. The van der Waals surface area contributed by atoms with E-state index in [1.165, 1.54) is 11.6 Å². The van der Waals surface area contributed by atoms with Gasteiger partial charge in [0.05, 0.1) is 0 Å². The first-order chi connectivity index (χ1) is 8.34. The number of rotatable bonds is 1. The van der Waals surface area contributed by atoms with Crippen molar-refractivity contribution in [1.29, 1.82) is 0 Å². The maximum Gasteiger partial charge on any atom is 0.257 e. The summed E-state index contributed by atoms with van der Waals surface area (Å²) in [5.74, 6) is 0. The fourth-order valence-electron chi connectivity index (χ4n) is 2.11. The van der Waals surface area contributed by atoms with Crippen molar-refractivity contribution in [3.8, 4) is 0 Å². The van der Waals surface area contributed by atoms with Crippen molar-refractivity contribution in [3.05, 3.63) is 52.6 Å². The van der Waals surface area contributed by atoms with Crippen LogP contribution < -0.4 is 10.9 Å². The molecule has 0 fully saturated rings. The van der Waals surface area contributed by atoms with E-state index in [4.69, 9.17) is 0 Å². The van der Waals surface area contributed by atoms with Crippen LogP contribution in [0.3, 0.4) is 0 Å². The highest BCUT2D eigenvalue weighted by molar-refractivity contribution is 5.67. The second kappa shape index (κ2) is 4.14. The Kier molecular flexibility index (Phi) is 2.49. The summed E-state index contributed by atoms with van der Waals surface area (Å²) in [5, 5.41) is 3.28. The van der Waals surface area contributed by atoms with Gasteiger partial charge in [-0.1, -0.05) is 6.08 Å². The molecule has 0 radical (unpaired) electrons. The lowest BCUT2D eigenvalue weighted by molar-refractivity contribution is 0.738. The molecule has 0 spiro atoms. The van der Waals surface area contributed by atoms with E-state index in [0.29, 0.717) is 5.65 Å². The smallest absolute Gasteiger partial charge is 0.257 e. The number of pyridine rings is 1. The van der Waals surface area contributed by atoms with Crippen LogP contribution in [0.2, 0.25) is 0 Å². The number of nitrogens with zero attached hydrogens (tertiary/aromatic N) is 2. The molecule has 2 aromatic heterocycles. The molecular weight excluding hydrogens is 214 g/mol. The highest BCUT2D eigenvalue weighted by Gasteiger charge is 2.06. The highest BCUT2D eigenvalue weighted by atomic mass is 16.1. The van der Waals surface area contributed by atoms with Crippen molar-refractivity contribution in [2.45, 2.75) is 6.42 Å². The van der Waals surface area contributed by atoms with E-state index in [2.05, 4.69) is 16.4 Å². The molecule has 1 N–H and O–H groups in total. The van der Waals surface area contributed by atoms with Crippen molar-refractivity contribution in [1.82, 2.24) is 14.7 Å². The van der Waals surface area contributed by atoms with Crippen LogP contribution in [-0.4, -0.2) is 22.5 Å². The van der Waals surface area contributed by atoms with Gasteiger partial charge in [-0.3, -0.25) is 9.20 Å². The average Bonchev–Trinajstić information content (AvgIpc) is 2.40. The molecule has 0 saturated heterocycles. The van der Waals surface area contributed by atoms with Crippen LogP contribution in [0.4, 0.5) is 0 Å². The van der Waals surface area contributed by atoms with Crippen LogP contribution in [0.5, 0.6) is 0 Å². The normalized spacial score (nSPS) is 15.9. The van der Waals surface area contributed by atoms with Gasteiger partial charge < -0.3 is 5.32 Å². The minimum atomic E-state index is -0.0358. The second-order valence-corrected chi connectivity index (χ2v) is 4.11. The maximum atomic E-state index is 11.7. The SMILES string of the molecule is O=c1ccnc2ccc(C3=CCNCC3)cn12. The van der Waals surface area contributed by atoms with Gasteiger partial charge >= 0.3 is 0 Å². The predicted octanol–water partition coefficient (Wildman–Crippen LogP) is 1.07. The van der Waals surface area contributed by atoms with Crippen LogP contribution >= 0.6 is 0 Å². The van der Waals surface area contributed by atoms with E-state index in [1.54, 1.807) is 10.6 Å². The molecule has 0 bridgehead atoms. The first-order valence-corrected chi connectivity index (χ1v) is 5.72. The molecule has 0 amide bonds. The Morgan fingerprint density at radius 2 is 2.24 bits per heavy atom. The zero-order chi connectivity index (χ0) is 11.7. The van der Waals surface area contributed by atoms with E-state index in [0.717, 1.165) is 25.1 Å². The zero-order valence-electron chi connectivity index (χ0n) is 9.39. The molecule has 0 saturated carbocycles. The summed E-state index contributed by atoms with van der Waals surface area (Å²) in [6.45, 7) is 1.89. The number of hydrogen-bond acceptors (Lipinski definition) is 3. The van der Waals surface area contributed by atoms with Gasteiger partial charge in [-0.05, 0) is 36.2 Å². The minimum Gasteiger partial charge on any atom is -0.313 e. The Morgan fingerprint density at radius 3 is 3.06 bits per heavy atom. The van der Waals surface area contributed by atoms with E-state index in [9.17, 15) is 4.79 Å². The molecule has 0 atom stereocenters. The van der Waals surface area contributed by atoms with E-state index in [1.807, 2.05) is 18.3 Å². The zero-order valence-corrected chi connectivity index (χ0v) is 9.39. The van der Waals surface area contributed by atoms with Crippen LogP contribution in [-0.2, 0) is 0 Å². The molecule has 2 aromatic rings. The Morgan fingerprint density at radius 1 is 1.29 bits per heavy atom. The molecule has 17 heavy (non-hydrogen) atoms. The molecular formula is C13H13N3O. The van der Waals surface area contributed by atoms with Crippen LogP contribution in [0.1, 0.15) is 12.0 Å². The Bertz CT molecular complexity index is 642. The van der Waals surface area contributed by atoms with E-state index >= 15 is 0 Å². The van der Waals surface area contributed by atoms with Crippen molar-refractivity contribution in [3.63, 3.8) is 0 Å².